The van der Waals surface area contributed by atoms with Crippen LogP contribution >= 0.6 is 0 Å². The zero-order valence-corrected chi connectivity index (χ0v) is 10.7. The van der Waals surface area contributed by atoms with Crippen molar-refractivity contribution in [2.24, 2.45) is 0 Å². The van der Waals surface area contributed by atoms with Crippen LogP contribution in [0.25, 0.3) is 0 Å². The van der Waals surface area contributed by atoms with E-state index in [0.29, 0.717) is 18.6 Å². The van der Waals surface area contributed by atoms with Gasteiger partial charge in [-0.05, 0) is 26.2 Å². The molecule has 1 heterocycles. The first kappa shape index (κ1) is 12.8. The summed E-state index contributed by atoms with van der Waals surface area (Å²) in [5.41, 5.74) is 0. The fourth-order valence-electron chi connectivity index (χ4n) is 2.75. The molecule has 1 aliphatic carbocycles. The largest absolute Gasteiger partial charge is 0.377 e. The minimum Gasteiger partial charge on any atom is -0.377 e. The molecule has 0 aromatic carbocycles. The van der Waals surface area contributed by atoms with Crippen LogP contribution in [0.5, 0.6) is 0 Å². The van der Waals surface area contributed by atoms with E-state index in [1.807, 2.05) is 0 Å². The van der Waals surface area contributed by atoms with Crippen LogP contribution in [0, 0.1) is 0 Å². The van der Waals surface area contributed by atoms with Crippen molar-refractivity contribution in [3.63, 3.8) is 0 Å². The highest BCUT2D eigenvalue weighted by atomic mass is 16.5. The Labute approximate surface area is 103 Å². The van der Waals surface area contributed by atoms with Crippen LogP contribution in [0.4, 0.5) is 0 Å². The van der Waals surface area contributed by atoms with Gasteiger partial charge >= 0.3 is 0 Å². The van der Waals surface area contributed by atoms with E-state index in [9.17, 15) is 4.79 Å². The maximum absolute atomic E-state index is 11.8. The molecule has 0 bridgehead atoms. The van der Waals surface area contributed by atoms with Crippen LogP contribution in [-0.4, -0.2) is 37.2 Å². The number of carbonyl (C=O) groups excluding carboxylic acids is 1. The number of carbonyl (C=O) groups is 1. The van der Waals surface area contributed by atoms with Gasteiger partial charge in [-0.1, -0.05) is 19.3 Å². The second-order valence-corrected chi connectivity index (χ2v) is 5.25. The summed E-state index contributed by atoms with van der Waals surface area (Å²) < 4.78 is 5.45. The molecular weight excluding hydrogens is 216 g/mol. The topological polar surface area (TPSA) is 50.4 Å². The minimum atomic E-state index is 0.135. The lowest BCUT2D eigenvalue weighted by Crippen LogP contribution is -2.45. The summed E-state index contributed by atoms with van der Waals surface area (Å²) in [5.74, 6) is 0.135. The van der Waals surface area contributed by atoms with Gasteiger partial charge in [-0.2, -0.15) is 0 Å². The van der Waals surface area contributed by atoms with E-state index in [0.717, 1.165) is 25.9 Å². The monoisotopic (exact) mass is 240 g/mol. The highest BCUT2D eigenvalue weighted by molar-refractivity contribution is 5.78. The highest BCUT2D eigenvalue weighted by Gasteiger charge is 2.24. The summed E-state index contributed by atoms with van der Waals surface area (Å²) in [4.78, 5) is 11.8. The number of ether oxygens (including phenoxy) is 1. The van der Waals surface area contributed by atoms with Crippen molar-refractivity contribution < 1.29 is 9.53 Å². The number of rotatable bonds is 4. The molecule has 1 saturated carbocycles. The van der Waals surface area contributed by atoms with Crippen LogP contribution in [0.1, 0.15) is 45.4 Å². The lowest BCUT2D eigenvalue weighted by Gasteiger charge is -2.23. The second-order valence-electron chi connectivity index (χ2n) is 5.25. The van der Waals surface area contributed by atoms with Crippen LogP contribution in [0.3, 0.4) is 0 Å². The molecule has 1 amide bonds. The summed E-state index contributed by atoms with van der Waals surface area (Å²) in [6, 6.07) is 0.752. The quantitative estimate of drug-likeness (QED) is 0.776. The number of hydrogen-bond acceptors (Lipinski definition) is 3. The first-order valence-corrected chi connectivity index (χ1v) is 6.90. The van der Waals surface area contributed by atoms with Gasteiger partial charge in [-0.25, -0.2) is 0 Å². The zero-order chi connectivity index (χ0) is 12.1. The molecule has 1 saturated heterocycles. The molecule has 0 aromatic rings. The molecule has 2 atom stereocenters. The van der Waals surface area contributed by atoms with Crippen molar-refractivity contribution >= 4 is 5.91 Å². The molecule has 17 heavy (non-hydrogen) atoms. The Balaban J connectivity index is 1.63. The van der Waals surface area contributed by atoms with Gasteiger partial charge in [0.1, 0.15) is 0 Å². The average Bonchev–Trinajstić information content (AvgIpc) is 2.74. The van der Waals surface area contributed by atoms with Crippen molar-refractivity contribution in [3.05, 3.63) is 0 Å². The molecule has 0 aromatic heterocycles. The van der Waals surface area contributed by atoms with Gasteiger partial charge in [0.05, 0.1) is 12.6 Å². The van der Waals surface area contributed by atoms with E-state index >= 15 is 0 Å². The molecule has 0 spiro atoms. The normalized spacial score (nSPS) is 30.4. The Morgan fingerprint density at radius 2 is 2.00 bits per heavy atom. The zero-order valence-electron chi connectivity index (χ0n) is 10.7. The van der Waals surface area contributed by atoms with Crippen LogP contribution < -0.4 is 10.6 Å². The lowest BCUT2D eigenvalue weighted by atomic mass is 9.95. The first-order valence-electron chi connectivity index (χ1n) is 6.90. The third-order valence-corrected chi connectivity index (χ3v) is 3.87. The lowest BCUT2D eigenvalue weighted by molar-refractivity contribution is -0.121. The van der Waals surface area contributed by atoms with Gasteiger partial charge in [-0.3, -0.25) is 4.79 Å². The SMILES string of the molecule is CC1OCCC1NCC(=O)NC1CCCCC1. The van der Waals surface area contributed by atoms with E-state index in [2.05, 4.69) is 17.6 Å². The highest BCUT2D eigenvalue weighted by Crippen LogP contribution is 2.17. The Morgan fingerprint density at radius 3 is 2.65 bits per heavy atom. The van der Waals surface area contributed by atoms with Gasteiger partial charge < -0.3 is 15.4 Å². The van der Waals surface area contributed by atoms with E-state index in [4.69, 9.17) is 4.74 Å². The van der Waals surface area contributed by atoms with Crippen molar-refractivity contribution in [1.82, 2.24) is 10.6 Å². The summed E-state index contributed by atoms with van der Waals surface area (Å²) in [6.07, 6.45) is 7.37. The number of amides is 1. The third kappa shape index (κ3) is 3.96. The molecule has 2 rings (SSSR count). The molecule has 4 nitrogen and oxygen atoms in total. The maximum Gasteiger partial charge on any atom is 0.234 e. The molecule has 0 radical (unpaired) electrons. The molecule has 2 unspecified atom stereocenters. The van der Waals surface area contributed by atoms with Crippen LogP contribution in [0.2, 0.25) is 0 Å². The van der Waals surface area contributed by atoms with Crippen molar-refractivity contribution in [2.75, 3.05) is 13.2 Å². The minimum absolute atomic E-state index is 0.135. The molecule has 1 aliphatic heterocycles. The van der Waals surface area contributed by atoms with Crippen molar-refractivity contribution in [3.8, 4) is 0 Å². The summed E-state index contributed by atoms with van der Waals surface area (Å²) >= 11 is 0. The summed E-state index contributed by atoms with van der Waals surface area (Å²) in [5, 5.41) is 6.40. The predicted molar refractivity (Wildman–Crippen MR) is 66.8 cm³/mol. The van der Waals surface area contributed by atoms with E-state index in [1.54, 1.807) is 0 Å². The van der Waals surface area contributed by atoms with Gasteiger partial charge in [0, 0.05) is 18.7 Å². The molecule has 4 heteroatoms. The summed E-state index contributed by atoms with van der Waals surface area (Å²) in [7, 11) is 0. The molecule has 98 valence electrons. The van der Waals surface area contributed by atoms with E-state index in [1.165, 1.54) is 19.3 Å². The van der Waals surface area contributed by atoms with Gasteiger partial charge in [0.25, 0.3) is 0 Å². The fraction of sp³-hybridized carbons (Fsp3) is 0.923. The summed E-state index contributed by atoms with van der Waals surface area (Å²) in [6.45, 7) is 3.29. The second kappa shape index (κ2) is 6.36. The predicted octanol–water partition coefficient (Wildman–Crippen LogP) is 1.20. The molecule has 2 fully saturated rings. The first-order chi connectivity index (χ1) is 8.25. The van der Waals surface area contributed by atoms with Crippen molar-refractivity contribution in [1.29, 1.82) is 0 Å². The Bertz CT molecular complexity index is 252. The molecule has 2 N–H and O–H groups in total. The standard InChI is InChI=1S/C13H24N2O2/c1-10-12(7-8-17-10)14-9-13(16)15-11-5-3-2-4-6-11/h10-12,14H,2-9H2,1H3,(H,15,16). The maximum atomic E-state index is 11.8. The average molecular weight is 240 g/mol. The van der Waals surface area contributed by atoms with E-state index < -0.39 is 0 Å². The fourth-order valence-corrected chi connectivity index (χ4v) is 2.75. The van der Waals surface area contributed by atoms with Crippen LogP contribution in [-0.2, 0) is 9.53 Å². The third-order valence-electron chi connectivity index (χ3n) is 3.87. The van der Waals surface area contributed by atoms with Crippen LogP contribution in [0.15, 0.2) is 0 Å². The Hall–Kier alpha value is -0.610. The number of nitrogens with one attached hydrogen (secondary N) is 2. The van der Waals surface area contributed by atoms with Crippen molar-refractivity contribution in [2.45, 2.75) is 63.6 Å². The van der Waals surface area contributed by atoms with E-state index in [-0.39, 0.29) is 12.0 Å². The van der Waals surface area contributed by atoms with Gasteiger partial charge in [0.2, 0.25) is 5.91 Å². The number of hydrogen-bond donors (Lipinski definition) is 2. The molecule has 2 aliphatic rings. The van der Waals surface area contributed by atoms with Gasteiger partial charge in [0.15, 0.2) is 0 Å². The smallest absolute Gasteiger partial charge is 0.234 e. The van der Waals surface area contributed by atoms with Gasteiger partial charge in [-0.15, -0.1) is 0 Å². The Morgan fingerprint density at radius 1 is 1.24 bits per heavy atom. The molecular formula is C13H24N2O2. The Kier molecular flexibility index (Phi) is 4.80.